The maximum absolute atomic E-state index is 6.28. The number of anilines is 1. The second kappa shape index (κ2) is 9.15. The maximum Gasteiger partial charge on any atom is 0.171 e. The molecule has 3 aromatic rings. The van der Waals surface area contributed by atoms with Gasteiger partial charge < -0.3 is 20.1 Å². The lowest BCUT2D eigenvalue weighted by Gasteiger charge is -2.28. The molecule has 2 aliphatic heterocycles. The number of unbranched alkanes of at least 4 members (excludes halogenated alkanes) is 1. The predicted octanol–water partition coefficient (Wildman–Crippen LogP) is 4.87. The van der Waals surface area contributed by atoms with Crippen LogP contribution in [0.1, 0.15) is 36.9 Å². The average Bonchev–Trinajstić information content (AvgIpc) is 2.80. The van der Waals surface area contributed by atoms with Gasteiger partial charge in [0.25, 0.3) is 0 Å². The highest BCUT2D eigenvalue weighted by molar-refractivity contribution is 5.88. The molecule has 5 nitrogen and oxygen atoms in total. The highest BCUT2D eigenvalue weighted by atomic mass is 16.6. The van der Waals surface area contributed by atoms with Gasteiger partial charge in [-0.3, -0.25) is 4.98 Å². The van der Waals surface area contributed by atoms with E-state index in [9.17, 15) is 0 Å². The molecule has 2 aliphatic rings. The summed E-state index contributed by atoms with van der Waals surface area (Å²) in [6.45, 7) is 4.39. The molecule has 0 saturated carbocycles. The molecule has 5 rings (SSSR count). The molecular formula is C26H31N3O2. The first-order valence-corrected chi connectivity index (χ1v) is 11.5. The number of nitrogens with one attached hydrogen (secondary N) is 2. The van der Waals surface area contributed by atoms with E-state index in [0.717, 1.165) is 41.2 Å². The van der Waals surface area contributed by atoms with Gasteiger partial charge in [0.15, 0.2) is 11.5 Å². The van der Waals surface area contributed by atoms with Crippen molar-refractivity contribution in [1.29, 1.82) is 0 Å². The Labute approximate surface area is 184 Å². The van der Waals surface area contributed by atoms with Gasteiger partial charge >= 0.3 is 0 Å². The van der Waals surface area contributed by atoms with Crippen molar-refractivity contribution < 1.29 is 9.47 Å². The summed E-state index contributed by atoms with van der Waals surface area (Å²) in [6.07, 6.45) is 6.08. The summed E-state index contributed by atoms with van der Waals surface area (Å²) in [5.41, 5.74) is 4.74. The molecule has 162 valence electrons. The third-order valence-corrected chi connectivity index (χ3v) is 6.30. The summed E-state index contributed by atoms with van der Waals surface area (Å²) in [5, 5.41) is 8.28. The zero-order chi connectivity index (χ0) is 21.0. The first-order chi connectivity index (χ1) is 15.3. The van der Waals surface area contributed by atoms with E-state index in [0.29, 0.717) is 12.6 Å². The lowest BCUT2D eigenvalue weighted by Crippen LogP contribution is -2.38. The lowest BCUT2D eigenvalue weighted by molar-refractivity contribution is 0.0925. The number of fused-ring (bicyclic) bond motifs is 4. The Kier molecular flexibility index (Phi) is 5.94. The van der Waals surface area contributed by atoms with Gasteiger partial charge in [-0.05, 0) is 75.0 Å². The predicted molar refractivity (Wildman–Crippen MR) is 125 cm³/mol. The number of para-hydroxylation sites is 1. The maximum atomic E-state index is 6.28. The second-order valence-corrected chi connectivity index (χ2v) is 8.70. The molecule has 0 amide bonds. The van der Waals surface area contributed by atoms with E-state index >= 15 is 0 Å². The Hall–Kier alpha value is -2.79. The fourth-order valence-electron chi connectivity index (χ4n) is 4.60. The van der Waals surface area contributed by atoms with E-state index in [1.165, 1.54) is 43.4 Å². The fraction of sp³-hybridized carbons (Fsp3) is 0.423. The Balaban J connectivity index is 1.05. The smallest absolute Gasteiger partial charge is 0.171 e. The average molecular weight is 418 g/mol. The molecule has 2 N–H and O–H groups in total. The summed E-state index contributed by atoms with van der Waals surface area (Å²) in [5.74, 6) is 1.64. The van der Waals surface area contributed by atoms with E-state index in [1.54, 1.807) is 0 Å². The Morgan fingerprint density at radius 1 is 1.10 bits per heavy atom. The topological polar surface area (TPSA) is 55.4 Å². The normalized spacial score (nSPS) is 19.6. The number of benzene rings is 2. The van der Waals surface area contributed by atoms with Crippen LogP contribution in [0.5, 0.6) is 11.5 Å². The van der Waals surface area contributed by atoms with Crippen LogP contribution in [-0.2, 0) is 6.42 Å². The SMILES string of the molecule is Cc1ccc2c3c(ccc2n1)OCC(CNCCCCC1CCc2ccccc2N1)O3. The van der Waals surface area contributed by atoms with Crippen molar-refractivity contribution in [3.05, 3.63) is 59.8 Å². The Bertz CT molecular complexity index is 1050. The number of hydrogen-bond donors (Lipinski definition) is 2. The minimum Gasteiger partial charge on any atom is -0.486 e. The second-order valence-electron chi connectivity index (χ2n) is 8.70. The molecule has 0 radical (unpaired) electrons. The zero-order valence-corrected chi connectivity index (χ0v) is 18.2. The first kappa shape index (κ1) is 20.1. The number of pyridine rings is 1. The van der Waals surface area contributed by atoms with Crippen molar-refractivity contribution in [1.82, 2.24) is 10.3 Å². The minimum absolute atomic E-state index is 0.0240. The van der Waals surface area contributed by atoms with Crippen molar-refractivity contribution in [2.45, 2.75) is 51.2 Å². The molecule has 0 bridgehead atoms. The van der Waals surface area contributed by atoms with Crippen LogP contribution in [0.25, 0.3) is 10.9 Å². The number of rotatable bonds is 7. The van der Waals surface area contributed by atoms with Crippen LogP contribution in [0, 0.1) is 6.92 Å². The molecular weight excluding hydrogens is 386 g/mol. The van der Waals surface area contributed by atoms with Gasteiger partial charge in [-0.2, -0.15) is 0 Å². The van der Waals surface area contributed by atoms with Crippen molar-refractivity contribution in [3.63, 3.8) is 0 Å². The van der Waals surface area contributed by atoms with Gasteiger partial charge in [-0.15, -0.1) is 0 Å². The van der Waals surface area contributed by atoms with Crippen molar-refractivity contribution >= 4 is 16.6 Å². The van der Waals surface area contributed by atoms with Crippen LogP contribution in [0.4, 0.5) is 5.69 Å². The van der Waals surface area contributed by atoms with Gasteiger partial charge in [0.2, 0.25) is 0 Å². The third kappa shape index (κ3) is 4.62. The highest BCUT2D eigenvalue weighted by Crippen LogP contribution is 2.38. The molecule has 2 unspecified atom stereocenters. The molecule has 2 aromatic carbocycles. The Morgan fingerprint density at radius 2 is 2.03 bits per heavy atom. The number of nitrogens with zero attached hydrogens (tertiary/aromatic N) is 1. The van der Waals surface area contributed by atoms with E-state index in [1.807, 2.05) is 25.1 Å². The fourth-order valence-corrected chi connectivity index (χ4v) is 4.60. The van der Waals surface area contributed by atoms with E-state index in [2.05, 4.69) is 45.9 Å². The summed E-state index contributed by atoms with van der Waals surface area (Å²) >= 11 is 0. The Morgan fingerprint density at radius 3 is 3.00 bits per heavy atom. The number of aromatic nitrogens is 1. The standard InChI is InChI=1S/C26H31N3O2/c1-18-9-12-22-24(28-18)13-14-25-26(22)31-21(17-30-25)16-27-15-5-4-7-20-11-10-19-6-2-3-8-23(19)29-20/h2-3,6,8-9,12-14,20-21,27,29H,4-5,7,10-11,15-17H2,1H3. The summed E-state index contributed by atoms with van der Waals surface area (Å²) in [4.78, 5) is 4.60. The van der Waals surface area contributed by atoms with Crippen LogP contribution >= 0.6 is 0 Å². The van der Waals surface area contributed by atoms with Gasteiger partial charge in [0.05, 0.1) is 5.52 Å². The van der Waals surface area contributed by atoms with Crippen molar-refractivity contribution in [2.24, 2.45) is 0 Å². The monoisotopic (exact) mass is 417 g/mol. The van der Waals surface area contributed by atoms with Crippen LogP contribution in [-0.4, -0.2) is 36.8 Å². The van der Waals surface area contributed by atoms with Crippen molar-refractivity contribution in [2.75, 3.05) is 25.0 Å². The number of hydrogen-bond acceptors (Lipinski definition) is 5. The summed E-state index contributed by atoms with van der Waals surface area (Å²) in [7, 11) is 0. The molecule has 1 aromatic heterocycles. The van der Waals surface area contributed by atoms with Gasteiger partial charge in [-0.1, -0.05) is 24.6 Å². The molecule has 5 heteroatoms. The molecule has 0 fully saturated rings. The number of ether oxygens (including phenoxy) is 2. The van der Waals surface area contributed by atoms with E-state index in [4.69, 9.17) is 9.47 Å². The molecule has 31 heavy (non-hydrogen) atoms. The molecule has 0 spiro atoms. The van der Waals surface area contributed by atoms with Crippen molar-refractivity contribution in [3.8, 4) is 11.5 Å². The highest BCUT2D eigenvalue weighted by Gasteiger charge is 2.23. The van der Waals surface area contributed by atoms with Gasteiger partial charge in [0, 0.05) is 29.4 Å². The minimum atomic E-state index is 0.0240. The molecule has 0 saturated heterocycles. The summed E-state index contributed by atoms with van der Waals surface area (Å²) in [6, 6.07) is 17.4. The molecule has 2 atom stereocenters. The quantitative estimate of drug-likeness (QED) is 0.537. The van der Waals surface area contributed by atoms with Crippen LogP contribution in [0.2, 0.25) is 0 Å². The molecule has 0 aliphatic carbocycles. The molecule has 3 heterocycles. The van der Waals surface area contributed by atoms with Crippen LogP contribution < -0.4 is 20.1 Å². The number of aryl methyl sites for hydroxylation is 2. The van der Waals surface area contributed by atoms with Gasteiger partial charge in [-0.25, -0.2) is 0 Å². The first-order valence-electron chi connectivity index (χ1n) is 11.5. The van der Waals surface area contributed by atoms with Gasteiger partial charge in [0.1, 0.15) is 12.7 Å². The van der Waals surface area contributed by atoms with Crippen LogP contribution in [0.3, 0.4) is 0 Å². The van der Waals surface area contributed by atoms with E-state index < -0.39 is 0 Å². The van der Waals surface area contributed by atoms with E-state index in [-0.39, 0.29) is 6.10 Å². The summed E-state index contributed by atoms with van der Waals surface area (Å²) < 4.78 is 12.2. The third-order valence-electron chi connectivity index (χ3n) is 6.30. The lowest BCUT2D eigenvalue weighted by atomic mass is 9.95. The largest absolute Gasteiger partial charge is 0.486 e. The van der Waals surface area contributed by atoms with Crippen LogP contribution in [0.15, 0.2) is 48.5 Å². The zero-order valence-electron chi connectivity index (χ0n) is 18.2.